The summed E-state index contributed by atoms with van der Waals surface area (Å²) in [7, 11) is 0. The zero-order valence-corrected chi connectivity index (χ0v) is 13.3. The van der Waals surface area contributed by atoms with E-state index in [2.05, 4.69) is 10.6 Å². The van der Waals surface area contributed by atoms with Crippen LogP contribution in [0.2, 0.25) is 0 Å². The van der Waals surface area contributed by atoms with Crippen molar-refractivity contribution in [3.05, 3.63) is 70.8 Å². The van der Waals surface area contributed by atoms with Crippen LogP contribution < -0.4 is 16.4 Å². The van der Waals surface area contributed by atoms with Crippen LogP contribution in [-0.2, 0) is 17.9 Å². The second-order valence-electron chi connectivity index (χ2n) is 5.35. The van der Waals surface area contributed by atoms with Crippen molar-refractivity contribution < 1.29 is 14.4 Å². The number of nitrogens with one attached hydrogen (secondary N) is 2. The van der Waals surface area contributed by atoms with Crippen LogP contribution in [-0.4, -0.2) is 17.7 Å². The Kier molecular flexibility index (Phi) is 5.68. The SMILES string of the molecule is CC(=O)NCc1ccc(C(=O)NCc2cccc(C(N)=O)c2)cc1. The third-order valence-corrected chi connectivity index (χ3v) is 3.42. The Hall–Kier alpha value is -3.15. The first kappa shape index (κ1) is 17.2. The molecule has 6 nitrogen and oxygen atoms in total. The van der Waals surface area contributed by atoms with Crippen LogP contribution in [0.5, 0.6) is 0 Å². The summed E-state index contributed by atoms with van der Waals surface area (Å²) in [6, 6.07) is 13.8. The highest BCUT2D eigenvalue weighted by Crippen LogP contribution is 2.07. The first-order valence-corrected chi connectivity index (χ1v) is 7.46. The fraction of sp³-hybridized carbons (Fsp3) is 0.167. The Balaban J connectivity index is 1.93. The van der Waals surface area contributed by atoms with Gasteiger partial charge >= 0.3 is 0 Å². The van der Waals surface area contributed by atoms with Crippen molar-refractivity contribution in [1.29, 1.82) is 0 Å². The fourth-order valence-electron chi connectivity index (χ4n) is 2.12. The molecule has 0 saturated heterocycles. The molecule has 6 heteroatoms. The number of amides is 3. The summed E-state index contributed by atoms with van der Waals surface area (Å²) in [4.78, 5) is 34.2. The fourth-order valence-corrected chi connectivity index (χ4v) is 2.12. The van der Waals surface area contributed by atoms with Gasteiger partial charge in [-0.2, -0.15) is 0 Å². The number of primary amides is 1. The average Bonchev–Trinajstić information content (AvgIpc) is 2.58. The van der Waals surface area contributed by atoms with Gasteiger partial charge in [0.1, 0.15) is 0 Å². The van der Waals surface area contributed by atoms with E-state index in [4.69, 9.17) is 5.73 Å². The molecular formula is C18H19N3O3. The van der Waals surface area contributed by atoms with Gasteiger partial charge < -0.3 is 16.4 Å². The van der Waals surface area contributed by atoms with E-state index in [9.17, 15) is 14.4 Å². The topological polar surface area (TPSA) is 101 Å². The molecule has 0 aliphatic rings. The van der Waals surface area contributed by atoms with Gasteiger partial charge in [0, 0.05) is 31.1 Å². The van der Waals surface area contributed by atoms with Crippen LogP contribution in [0.4, 0.5) is 0 Å². The highest BCUT2D eigenvalue weighted by molar-refractivity contribution is 5.94. The molecule has 0 unspecified atom stereocenters. The third-order valence-electron chi connectivity index (χ3n) is 3.42. The summed E-state index contributed by atoms with van der Waals surface area (Å²) < 4.78 is 0. The molecule has 24 heavy (non-hydrogen) atoms. The van der Waals surface area contributed by atoms with Gasteiger partial charge in [-0.25, -0.2) is 0 Å². The zero-order chi connectivity index (χ0) is 17.5. The Labute approximate surface area is 140 Å². The van der Waals surface area contributed by atoms with Crippen molar-refractivity contribution in [1.82, 2.24) is 10.6 Å². The average molecular weight is 325 g/mol. The van der Waals surface area contributed by atoms with Crippen LogP contribution in [0.25, 0.3) is 0 Å². The summed E-state index contributed by atoms with van der Waals surface area (Å²) >= 11 is 0. The molecule has 0 fully saturated rings. The molecule has 0 aliphatic carbocycles. The van der Waals surface area contributed by atoms with Crippen molar-refractivity contribution in [2.24, 2.45) is 5.73 Å². The number of carbonyl (C=O) groups excluding carboxylic acids is 3. The normalized spacial score (nSPS) is 10.0. The van der Waals surface area contributed by atoms with E-state index in [-0.39, 0.29) is 11.8 Å². The van der Waals surface area contributed by atoms with E-state index in [1.54, 1.807) is 42.5 Å². The molecule has 2 aromatic carbocycles. The van der Waals surface area contributed by atoms with Crippen molar-refractivity contribution in [2.75, 3.05) is 0 Å². The highest BCUT2D eigenvalue weighted by Gasteiger charge is 2.07. The maximum atomic E-state index is 12.1. The van der Waals surface area contributed by atoms with Gasteiger partial charge in [-0.05, 0) is 35.4 Å². The van der Waals surface area contributed by atoms with Gasteiger partial charge in [0.2, 0.25) is 11.8 Å². The van der Waals surface area contributed by atoms with Gasteiger partial charge in [-0.1, -0.05) is 24.3 Å². The number of hydrogen-bond donors (Lipinski definition) is 3. The molecule has 0 saturated carbocycles. The molecule has 0 bridgehead atoms. The lowest BCUT2D eigenvalue weighted by atomic mass is 10.1. The van der Waals surface area contributed by atoms with E-state index in [1.165, 1.54) is 6.92 Å². The van der Waals surface area contributed by atoms with Crippen LogP contribution in [0.15, 0.2) is 48.5 Å². The lowest BCUT2D eigenvalue weighted by Gasteiger charge is -2.07. The van der Waals surface area contributed by atoms with Crippen LogP contribution in [0.3, 0.4) is 0 Å². The molecule has 3 amide bonds. The third kappa shape index (κ3) is 4.95. The molecule has 0 spiro atoms. The largest absolute Gasteiger partial charge is 0.366 e. The van der Waals surface area contributed by atoms with E-state index >= 15 is 0 Å². The first-order chi connectivity index (χ1) is 11.5. The molecule has 124 valence electrons. The maximum Gasteiger partial charge on any atom is 0.251 e. The standard InChI is InChI=1S/C18H19N3O3/c1-12(22)20-10-13-5-7-15(8-6-13)18(24)21-11-14-3-2-4-16(9-14)17(19)23/h2-9H,10-11H2,1H3,(H2,19,23)(H,20,22)(H,21,24). The molecule has 2 rings (SSSR count). The number of rotatable bonds is 6. The minimum absolute atomic E-state index is 0.102. The predicted octanol–water partition coefficient (Wildman–Crippen LogP) is 1.35. The van der Waals surface area contributed by atoms with E-state index in [1.807, 2.05) is 6.07 Å². The van der Waals surface area contributed by atoms with Crippen molar-refractivity contribution in [3.63, 3.8) is 0 Å². The molecule has 0 heterocycles. The monoisotopic (exact) mass is 325 g/mol. The Bertz CT molecular complexity index is 754. The number of nitrogens with two attached hydrogens (primary N) is 1. The van der Waals surface area contributed by atoms with E-state index < -0.39 is 5.91 Å². The van der Waals surface area contributed by atoms with Crippen LogP contribution >= 0.6 is 0 Å². The summed E-state index contributed by atoms with van der Waals surface area (Å²) in [6.07, 6.45) is 0. The first-order valence-electron chi connectivity index (χ1n) is 7.46. The van der Waals surface area contributed by atoms with Gasteiger partial charge in [0.05, 0.1) is 0 Å². The number of hydrogen-bond acceptors (Lipinski definition) is 3. The van der Waals surface area contributed by atoms with E-state index in [0.717, 1.165) is 11.1 Å². The van der Waals surface area contributed by atoms with Crippen molar-refractivity contribution >= 4 is 17.7 Å². The van der Waals surface area contributed by atoms with Crippen LogP contribution in [0, 0.1) is 0 Å². The van der Waals surface area contributed by atoms with Gasteiger partial charge in [0.25, 0.3) is 5.91 Å². The Morgan fingerprint density at radius 2 is 1.54 bits per heavy atom. The quantitative estimate of drug-likeness (QED) is 0.747. The minimum atomic E-state index is -0.502. The maximum absolute atomic E-state index is 12.1. The summed E-state index contributed by atoms with van der Waals surface area (Å²) in [5.41, 5.74) is 7.87. The second-order valence-corrected chi connectivity index (χ2v) is 5.35. The summed E-state index contributed by atoms with van der Waals surface area (Å²) in [6.45, 7) is 2.18. The highest BCUT2D eigenvalue weighted by atomic mass is 16.2. The van der Waals surface area contributed by atoms with Gasteiger partial charge in [-0.15, -0.1) is 0 Å². The minimum Gasteiger partial charge on any atom is -0.366 e. The van der Waals surface area contributed by atoms with Crippen molar-refractivity contribution in [3.8, 4) is 0 Å². The van der Waals surface area contributed by atoms with Gasteiger partial charge in [-0.3, -0.25) is 14.4 Å². The van der Waals surface area contributed by atoms with Gasteiger partial charge in [0.15, 0.2) is 0 Å². The molecule has 0 aliphatic heterocycles. The second kappa shape index (κ2) is 7.92. The Morgan fingerprint density at radius 3 is 2.17 bits per heavy atom. The summed E-state index contributed by atoms with van der Waals surface area (Å²) in [5, 5.41) is 5.48. The molecule has 4 N–H and O–H groups in total. The number of carbonyl (C=O) groups is 3. The molecule has 0 aromatic heterocycles. The van der Waals surface area contributed by atoms with Crippen LogP contribution in [0.1, 0.15) is 38.8 Å². The molecular weight excluding hydrogens is 306 g/mol. The smallest absolute Gasteiger partial charge is 0.251 e. The van der Waals surface area contributed by atoms with Crippen molar-refractivity contribution in [2.45, 2.75) is 20.0 Å². The molecule has 0 atom stereocenters. The zero-order valence-electron chi connectivity index (χ0n) is 13.3. The Morgan fingerprint density at radius 1 is 0.875 bits per heavy atom. The lowest BCUT2D eigenvalue weighted by molar-refractivity contribution is -0.119. The number of benzene rings is 2. The summed E-state index contributed by atoms with van der Waals surface area (Å²) in [5.74, 6) is -0.821. The lowest BCUT2D eigenvalue weighted by Crippen LogP contribution is -2.23. The molecule has 2 aromatic rings. The predicted molar refractivity (Wildman–Crippen MR) is 90.1 cm³/mol. The van der Waals surface area contributed by atoms with E-state index in [0.29, 0.717) is 24.2 Å². The molecule has 0 radical (unpaired) electrons.